The standard InChI is InChI=1S/C17H17ClN2OS.C17H20N2O3S.C17H18N2O2S.C10H13NO2.C8H11NO.C7H8ClNOS.Cl3OP/c1-9(2)14-8-22-17(20-14)13-7-12(18)11-5-6-15(21-4)10(3)16(11)19-13;1-9(2)13-8-23-17(18-13)16(21)19-15-10(3)14(22-5)7-6-12(15)11(4)20;1-9(2)13-8-22-17(19-13)12-7-14(20)11-5-6-15(21-4)10(3)16(11)18-12;1-6-9(13-3)5-4-8(7(2)12)10(6)11;1-6-7(9)4-3-5-8(6)10-2;1-4(2)5-3-11-7(9-5)6(8)10;1-5(2,3)4/h5-9H,1-4H3;6-9H,1-5H3,(H,19,21);5-9H,1-4H3,(H,18,20);4-5H,11H2,1-3H3;3-5H,9H2,1-2H3;3-4H,1-2H3;. The number of aryl methyl sites for hydroxylation is 2. The smallest absolute Gasteiger partial charge is 0.339 e. The van der Waals surface area contributed by atoms with E-state index in [1.165, 1.54) is 36.5 Å². The Morgan fingerprint density at radius 1 is 0.519 bits per heavy atom. The molecule has 0 atom stereocenters. The molecule has 6 N–H and O–H groups in total. The van der Waals surface area contributed by atoms with Crippen LogP contribution in [-0.2, 0) is 4.57 Å². The number of Topliss-reactive ketones (excluding diaryl/α,β-unsaturated/α-hetero) is 2. The second kappa shape index (κ2) is 40.8. The Morgan fingerprint density at radius 3 is 1.42 bits per heavy atom. The summed E-state index contributed by atoms with van der Waals surface area (Å²) in [4.78, 5) is 84.1. The lowest BCUT2D eigenvalue weighted by Gasteiger charge is -2.14. The highest BCUT2D eigenvalue weighted by atomic mass is 36.0. The first-order valence-corrected chi connectivity index (χ1v) is 41.4. The minimum atomic E-state index is -3.22. The third kappa shape index (κ3) is 24.5. The number of anilines is 3. The van der Waals surface area contributed by atoms with Crippen LogP contribution >= 0.6 is 107 Å². The number of pyridine rings is 2. The van der Waals surface area contributed by atoms with Crippen molar-refractivity contribution in [2.45, 2.75) is 128 Å². The maximum Gasteiger partial charge on any atom is 0.339 e. The molecule has 11 rings (SSSR count). The number of carbonyl (C=O) groups excluding carboxylic acids is 4. The minimum absolute atomic E-state index is 0.00389. The van der Waals surface area contributed by atoms with E-state index in [1.54, 1.807) is 94.6 Å². The third-order valence-corrected chi connectivity index (χ3v) is 20.0. The van der Waals surface area contributed by atoms with Gasteiger partial charge in [0, 0.05) is 88.7 Å². The lowest BCUT2D eigenvalue weighted by atomic mass is 10.0. The highest BCUT2D eigenvalue weighted by molar-refractivity contribution is 8.24. The van der Waals surface area contributed by atoms with E-state index in [0.717, 1.165) is 106 Å². The number of nitrogen functional groups attached to an aromatic ring is 2. The lowest BCUT2D eigenvalue weighted by Crippen LogP contribution is -2.16. The van der Waals surface area contributed by atoms with Crippen LogP contribution in [0.15, 0.2) is 105 Å². The van der Waals surface area contributed by atoms with Crippen LogP contribution in [0.2, 0.25) is 5.02 Å². The lowest BCUT2D eigenvalue weighted by molar-refractivity contribution is 0.100. The number of halogens is 5. The van der Waals surface area contributed by atoms with Crippen LogP contribution in [-0.4, -0.2) is 88.2 Å². The van der Waals surface area contributed by atoms with E-state index < -0.39 is 10.4 Å². The van der Waals surface area contributed by atoms with E-state index in [4.69, 9.17) is 63.3 Å². The number of nitrogens with zero attached hydrogens (tertiary/aromatic N) is 5. The molecular weight excluding hydrogens is 1550 g/mol. The summed E-state index contributed by atoms with van der Waals surface area (Å²) < 4.78 is 35.6. The second-order valence-electron chi connectivity index (χ2n) is 24.7. The van der Waals surface area contributed by atoms with Crippen molar-refractivity contribution < 1.29 is 47.4 Å². The third-order valence-electron chi connectivity index (χ3n) is 15.9. The molecule has 0 fully saturated rings. The Hall–Kier alpha value is -8.00. The molecule has 0 spiro atoms. The average molecular weight is 1640 g/mol. The SMILES string of the molecule is CC(C)c1csc(C(=O)Cl)n1.COc1ccc(C(C)=O)c(N)c1C.COc1ccc(C(C)=O)c(NC(=O)c2nc(C(C)C)cs2)c1C.COc1ccc2c(=O)cc(-c3nc(C(C)C)cs3)[nH]c2c1C.COc1ccc2c(Cl)cc(-c3nc(C(C)C)cs3)nc2c1C.COc1cccc(N)c1C.O=P(Cl)(Cl)Cl. The van der Waals surface area contributed by atoms with Gasteiger partial charge in [0.15, 0.2) is 27.0 Å². The zero-order valence-corrected chi connectivity index (χ0v) is 70.4. The van der Waals surface area contributed by atoms with Crippen LogP contribution in [0.3, 0.4) is 0 Å². The summed E-state index contributed by atoms with van der Waals surface area (Å²) in [5.41, 5.74) is 25.8. The van der Waals surface area contributed by atoms with Crippen LogP contribution in [0.4, 0.5) is 17.1 Å². The molecule has 6 heterocycles. The van der Waals surface area contributed by atoms with E-state index >= 15 is 0 Å². The number of hydrogen-bond donors (Lipinski definition) is 4. The number of aromatic amines is 1. The maximum absolute atomic E-state index is 12.5. The fourth-order valence-electron chi connectivity index (χ4n) is 9.74. The molecule has 5 aromatic carbocycles. The zero-order chi connectivity index (χ0) is 79.4. The first-order valence-electron chi connectivity index (χ1n) is 32.7. The van der Waals surface area contributed by atoms with Gasteiger partial charge in [-0.2, -0.15) is 0 Å². The molecule has 0 unspecified atom stereocenters. The van der Waals surface area contributed by atoms with Crippen molar-refractivity contribution in [1.82, 2.24) is 29.9 Å². The summed E-state index contributed by atoms with van der Waals surface area (Å²) in [5, 5.41) is 11.8. The summed E-state index contributed by atoms with van der Waals surface area (Å²) in [6, 6.07) is 23.4. The number of hydrogen-bond acceptors (Lipinski definition) is 22. The number of carbonyl (C=O) groups is 4. The van der Waals surface area contributed by atoms with Crippen LogP contribution < -0.4 is 45.9 Å². The molecular formula is C76H87Cl5N9O11PS4. The number of H-pyrrole nitrogens is 1. The topological polar surface area (TPSA) is 293 Å². The van der Waals surface area contributed by atoms with E-state index in [2.05, 4.69) is 97.0 Å². The zero-order valence-electron chi connectivity index (χ0n) is 62.5. The van der Waals surface area contributed by atoms with E-state index in [0.29, 0.717) is 77.7 Å². The molecule has 0 saturated carbocycles. The van der Waals surface area contributed by atoms with Crippen LogP contribution in [0.5, 0.6) is 28.7 Å². The highest BCUT2D eigenvalue weighted by Gasteiger charge is 2.21. The molecule has 0 bridgehead atoms. The molecule has 0 saturated heterocycles. The van der Waals surface area contributed by atoms with Crippen LogP contribution in [0.1, 0.15) is 184 Å². The van der Waals surface area contributed by atoms with Crippen LogP contribution in [0.25, 0.3) is 43.2 Å². The number of methoxy groups -OCH3 is 5. The fourth-order valence-corrected chi connectivity index (χ4v) is 13.7. The molecule has 30 heteroatoms. The molecule has 0 aliphatic carbocycles. The second-order valence-corrected chi connectivity index (χ2v) is 35.5. The number of amides is 1. The fraction of sp³-hybridized carbons (Fsp3) is 0.316. The average Bonchev–Trinajstić information content (AvgIpc) is 1.70. The van der Waals surface area contributed by atoms with Gasteiger partial charge in [0.1, 0.15) is 44.5 Å². The van der Waals surface area contributed by atoms with Crippen LogP contribution in [0, 0.1) is 34.6 Å². The van der Waals surface area contributed by atoms with E-state index in [9.17, 15) is 28.5 Å². The quantitative estimate of drug-likeness (QED) is 0.0302. The van der Waals surface area contributed by atoms with Crippen molar-refractivity contribution in [2.75, 3.05) is 52.3 Å². The number of fused-ring (bicyclic) bond motifs is 2. The molecule has 20 nitrogen and oxygen atoms in total. The Kier molecular flexibility index (Phi) is 34.1. The van der Waals surface area contributed by atoms with Crippen molar-refractivity contribution in [2.24, 2.45) is 0 Å². The summed E-state index contributed by atoms with van der Waals surface area (Å²) >= 11 is 31.3. The van der Waals surface area contributed by atoms with Gasteiger partial charge in [-0.1, -0.05) is 73.1 Å². The number of thiazole rings is 4. The summed E-state index contributed by atoms with van der Waals surface area (Å²) in [6.45, 7) is 29.1. The van der Waals surface area contributed by atoms with Gasteiger partial charge >= 0.3 is 5.20 Å². The number of nitrogens with one attached hydrogen (secondary N) is 2. The number of ether oxygens (including phenoxy) is 5. The van der Waals surface area contributed by atoms with Gasteiger partial charge < -0.3 is 45.5 Å². The Morgan fingerprint density at radius 2 is 0.943 bits per heavy atom. The van der Waals surface area contributed by atoms with Gasteiger partial charge in [-0.3, -0.25) is 28.5 Å². The molecule has 1 amide bonds. The Balaban J connectivity index is 0.000000231. The van der Waals surface area contributed by atoms with Crippen molar-refractivity contribution in [3.63, 3.8) is 0 Å². The predicted octanol–water partition coefficient (Wildman–Crippen LogP) is 22.4. The van der Waals surface area contributed by atoms with Gasteiger partial charge in [0.05, 0.1) is 85.8 Å². The maximum atomic E-state index is 12.5. The van der Waals surface area contributed by atoms with E-state index in [1.807, 2.05) is 121 Å². The van der Waals surface area contributed by atoms with Crippen molar-refractivity contribution in [3.8, 4) is 50.2 Å². The molecule has 6 aromatic heterocycles. The number of aromatic nitrogens is 6. The van der Waals surface area contributed by atoms with E-state index in [-0.39, 0.29) is 28.8 Å². The molecule has 0 radical (unpaired) electrons. The molecule has 106 heavy (non-hydrogen) atoms. The summed E-state index contributed by atoms with van der Waals surface area (Å²) in [5.74, 6) is 4.70. The normalized spacial score (nSPS) is 10.8. The highest BCUT2D eigenvalue weighted by Crippen LogP contribution is 2.61. The Labute approximate surface area is 658 Å². The van der Waals surface area contributed by atoms with Crippen molar-refractivity contribution in [1.29, 1.82) is 0 Å². The molecule has 566 valence electrons. The predicted molar refractivity (Wildman–Crippen MR) is 442 cm³/mol. The van der Waals surface area contributed by atoms with Gasteiger partial charge in [0.2, 0.25) is 0 Å². The van der Waals surface area contributed by atoms with Gasteiger partial charge in [-0.25, -0.2) is 24.9 Å². The number of ketones is 2. The molecule has 0 aliphatic heterocycles. The number of benzene rings is 5. The van der Waals surface area contributed by atoms with Crippen molar-refractivity contribution >= 4 is 169 Å². The Bertz CT molecular complexity index is 5000. The van der Waals surface area contributed by atoms with Gasteiger partial charge in [-0.15, -0.1) is 45.3 Å². The van der Waals surface area contributed by atoms with Crippen molar-refractivity contribution in [3.05, 3.63) is 187 Å². The number of nitrogens with two attached hydrogens (primary N) is 2. The summed E-state index contributed by atoms with van der Waals surface area (Å²) in [6.07, 6.45) is 0. The minimum Gasteiger partial charge on any atom is -0.496 e. The largest absolute Gasteiger partial charge is 0.496 e. The first-order chi connectivity index (χ1) is 49.8. The summed E-state index contributed by atoms with van der Waals surface area (Å²) in [7, 11) is 8.06. The van der Waals surface area contributed by atoms with Gasteiger partial charge in [-0.05, 0) is 184 Å². The van der Waals surface area contributed by atoms with Gasteiger partial charge in [0.25, 0.3) is 11.1 Å². The first kappa shape index (κ1) is 88.6. The molecule has 11 aromatic rings. The number of rotatable bonds is 16. The molecule has 0 aliphatic rings. The monoisotopic (exact) mass is 1640 g/mol.